The summed E-state index contributed by atoms with van der Waals surface area (Å²) in [5.41, 5.74) is 1.66. The molecule has 0 aliphatic heterocycles. The molecule has 0 bridgehead atoms. The smallest absolute Gasteiger partial charge is 0.0132 e. The monoisotopic (exact) mass is 148 g/mol. The van der Waals surface area contributed by atoms with Gasteiger partial charge >= 0.3 is 0 Å². The Balaban J connectivity index is 1.81. The molecule has 0 heterocycles. The van der Waals surface area contributed by atoms with Crippen LogP contribution in [0.15, 0.2) is 23.8 Å². The van der Waals surface area contributed by atoms with Crippen molar-refractivity contribution in [2.75, 3.05) is 0 Å². The highest BCUT2D eigenvalue weighted by Gasteiger charge is 2.16. The first-order chi connectivity index (χ1) is 5.45. The van der Waals surface area contributed by atoms with Crippen molar-refractivity contribution >= 4 is 0 Å². The summed E-state index contributed by atoms with van der Waals surface area (Å²) in [6, 6.07) is 0. The van der Waals surface area contributed by atoms with Crippen LogP contribution in [0.1, 0.15) is 38.5 Å². The third kappa shape index (κ3) is 1.74. The first-order valence-corrected chi connectivity index (χ1v) is 4.80. The second-order valence-corrected chi connectivity index (χ2v) is 3.81. The second-order valence-electron chi connectivity index (χ2n) is 3.81. The molecule has 0 aromatic carbocycles. The lowest BCUT2D eigenvalue weighted by Crippen LogP contribution is -1.93. The van der Waals surface area contributed by atoms with Crippen LogP contribution in [-0.2, 0) is 0 Å². The summed E-state index contributed by atoms with van der Waals surface area (Å²) in [6.45, 7) is 0. The molecule has 0 amide bonds. The molecule has 0 aromatic rings. The van der Waals surface area contributed by atoms with Crippen molar-refractivity contribution in [1.29, 1.82) is 0 Å². The van der Waals surface area contributed by atoms with Gasteiger partial charge in [-0.3, -0.25) is 0 Å². The predicted octanol–water partition coefficient (Wildman–Crippen LogP) is 3.45. The summed E-state index contributed by atoms with van der Waals surface area (Å²) in [5, 5.41) is 0. The first kappa shape index (κ1) is 7.15. The normalized spacial score (nSPS) is 24.5. The number of hydrogen-bond acceptors (Lipinski definition) is 0. The highest BCUT2D eigenvalue weighted by molar-refractivity contribution is 5.23. The summed E-state index contributed by atoms with van der Waals surface area (Å²) < 4.78 is 0. The fourth-order valence-electron chi connectivity index (χ4n) is 2.23. The van der Waals surface area contributed by atoms with Crippen LogP contribution in [-0.4, -0.2) is 0 Å². The van der Waals surface area contributed by atoms with Crippen molar-refractivity contribution < 1.29 is 0 Å². The SMILES string of the molecule is C1=CCC(CC2CCCC2)=C1. The summed E-state index contributed by atoms with van der Waals surface area (Å²) in [6.07, 6.45) is 15.3. The fraction of sp³-hybridized carbons (Fsp3) is 0.636. The Bertz CT molecular complexity index is 180. The van der Waals surface area contributed by atoms with Crippen LogP contribution in [0, 0.1) is 5.92 Å². The predicted molar refractivity (Wildman–Crippen MR) is 48.4 cm³/mol. The van der Waals surface area contributed by atoms with E-state index in [0.717, 1.165) is 5.92 Å². The van der Waals surface area contributed by atoms with E-state index in [2.05, 4.69) is 18.2 Å². The average Bonchev–Trinajstić information content (AvgIpc) is 2.60. The van der Waals surface area contributed by atoms with E-state index in [1.165, 1.54) is 38.5 Å². The molecule has 0 nitrogen and oxygen atoms in total. The molecular weight excluding hydrogens is 132 g/mol. The molecule has 0 spiro atoms. The maximum absolute atomic E-state index is 2.30. The maximum atomic E-state index is 2.30. The minimum absolute atomic E-state index is 1.03. The van der Waals surface area contributed by atoms with Crippen molar-refractivity contribution in [3.8, 4) is 0 Å². The molecule has 60 valence electrons. The number of allylic oxidation sites excluding steroid dienone is 4. The van der Waals surface area contributed by atoms with E-state index in [-0.39, 0.29) is 0 Å². The lowest BCUT2D eigenvalue weighted by atomic mass is 9.97. The van der Waals surface area contributed by atoms with Gasteiger partial charge in [-0.15, -0.1) is 0 Å². The van der Waals surface area contributed by atoms with Crippen LogP contribution < -0.4 is 0 Å². The molecule has 1 fully saturated rings. The fourth-order valence-corrected chi connectivity index (χ4v) is 2.23. The van der Waals surface area contributed by atoms with Crippen LogP contribution in [0.5, 0.6) is 0 Å². The molecule has 0 aromatic heterocycles. The van der Waals surface area contributed by atoms with Crippen molar-refractivity contribution in [2.45, 2.75) is 38.5 Å². The molecule has 0 saturated heterocycles. The third-order valence-corrected chi connectivity index (χ3v) is 2.87. The van der Waals surface area contributed by atoms with Gasteiger partial charge in [0.15, 0.2) is 0 Å². The molecule has 11 heavy (non-hydrogen) atoms. The lowest BCUT2D eigenvalue weighted by molar-refractivity contribution is 0.540. The van der Waals surface area contributed by atoms with Crippen molar-refractivity contribution in [1.82, 2.24) is 0 Å². The molecule has 0 atom stereocenters. The van der Waals surface area contributed by atoms with Crippen LogP contribution >= 0.6 is 0 Å². The van der Waals surface area contributed by atoms with Gasteiger partial charge in [-0.25, -0.2) is 0 Å². The number of hydrogen-bond donors (Lipinski definition) is 0. The quantitative estimate of drug-likeness (QED) is 0.562. The van der Waals surface area contributed by atoms with Crippen LogP contribution in [0.25, 0.3) is 0 Å². The van der Waals surface area contributed by atoms with Gasteiger partial charge in [-0.05, 0) is 18.8 Å². The van der Waals surface area contributed by atoms with E-state index in [1.54, 1.807) is 5.57 Å². The Kier molecular flexibility index (Phi) is 2.11. The van der Waals surface area contributed by atoms with Gasteiger partial charge in [0.05, 0.1) is 0 Å². The van der Waals surface area contributed by atoms with E-state index in [4.69, 9.17) is 0 Å². The Labute approximate surface area is 69.0 Å². The van der Waals surface area contributed by atoms with Crippen molar-refractivity contribution in [3.05, 3.63) is 23.8 Å². The summed E-state index contributed by atoms with van der Waals surface area (Å²) >= 11 is 0. The largest absolute Gasteiger partial charge is 0.0805 e. The van der Waals surface area contributed by atoms with E-state index in [9.17, 15) is 0 Å². The molecule has 0 N–H and O–H groups in total. The average molecular weight is 148 g/mol. The molecule has 0 radical (unpaired) electrons. The highest BCUT2D eigenvalue weighted by atomic mass is 14.2. The van der Waals surface area contributed by atoms with Crippen LogP contribution in [0.2, 0.25) is 0 Å². The van der Waals surface area contributed by atoms with Crippen molar-refractivity contribution in [3.63, 3.8) is 0 Å². The van der Waals surface area contributed by atoms with E-state index < -0.39 is 0 Å². The minimum Gasteiger partial charge on any atom is -0.0805 e. The zero-order valence-electron chi connectivity index (χ0n) is 7.05. The molecule has 2 aliphatic carbocycles. The van der Waals surface area contributed by atoms with Gasteiger partial charge in [0.1, 0.15) is 0 Å². The Hall–Kier alpha value is -0.520. The lowest BCUT2D eigenvalue weighted by Gasteiger charge is -2.08. The molecule has 2 aliphatic rings. The molecule has 1 saturated carbocycles. The van der Waals surface area contributed by atoms with Gasteiger partial charge in [0.2, 0.25) is 0 Å². The summed E-state index contributed by atoms with van der Waals surface area (Å²) in [7, 11) is 0. The third-order valence-electron chi connectivity index (χ3n) is 2.87. The molecular formula is C11H16. The molecule has 0 heteroatoms. The number of rotatable bonds is 2. The van der Waals surface area contributed by atoms with Crippen LogP contribution in [0.3, 0.4) is 0 Å². The minimum atomic E-state index is 1.03. The van der Waals surface area contributed by atoms with Gasteiger partial charge < -0.3 is 0 Å². The van der Waals surface area contributed by atoms with E-state index >= 15 is 0 Å². The van der Waals surface area contributed by atoms with E-state index in [1.807, 2.05) is 0 Å². The molecule has 0 unspecified atom stereocenters. The van der Waals surface area contributed by atoms with E-state index in [0.29, 0.717) is 0 Å². The highest BCUT2D eigenvalue weighted by Crippen LogP contribution is 2.32. The van der Waals surface area contributed by atoms with Gasteiger partial charge in [-0.1, -0.05) is 49.5 Å². The maximum Gasteiger partial charge on any atom is -0.0132 e. The first-order valence-electron chi connectivity index (χ1n) is 4.80. The second kappa shape index (κ2) is 3.25. The van der Waals surface area contributed by atoms with Crippen molar-refractivity contribution in [2.24, 2.45) is 5.92 Å². The standard InChI is InChI=1S/C11H16/c1-2-6-10(5-1)9-11-7-3-4-8-11/h1-2,5,11H,3-4,6-9H2. The zero-order chi connectivity index (χ0) is 7.52. The Morgan fingerprint density at radius 2 is 2.09 bits per heavy atom. The zero-order valence-corrected chi connectivity index (χ0v) is 7.05. The summed E-state index contributed by atoms with van der Waals surface area (Å²) in [5.74, 6) is 1.03. The Morgan fingerprint density at radius 1 is 1.27 bits per heavy atom. The topological polar surface area (TPSA) is 0 Å². The molecule has 2 rings (SSSR count). The van der Waals surface area contributed by atoms with Gasteiger partial charge in [0, 0.05) is 0 Å². The van der Waals surface area contributed by atoms with Gasteiger partial charge in [0.25, 0.3) is 0 Å². The summed E-state index contributed by atoms with van der Waals surface area (Å²) in [4.78, 5) is 0. The van der Waals surface area contributed by atoms with Gasteiger partial charge in [-0.2, -0.15) is 0 Å². The van der Waals surface area contributed by atoms with Crippen LogP contribution in [0.4, 0.5) is 0 Å². The Morgan fingerprint density at radius 3 is 2.73 bits per heavy atom.